The number of aliphatic hydroxyl groups excluding tert-OH is 1. The second-order valence-corrected chi connectivity index (χ2v) is 11.9. The Bertz CT molecular complexity index is 1670. The zero-order chi connectivity index (χ0) is 28.0. The highest BCUT2D eigenvalue weighted by molar-refractivity contribution is 8.00. The lowest BCUT2D eigenvalue weighted by Crippen LogP contribution is -2.29. The van der Waals surface area contributed by atoms with E-state index in [0.717, 1.165) is 28.2 Å². The molecule has 4 aromatic rings. The molecule has 1 saturated heterocycles. The molecule has 7 nitrogen and oxygen atoms in total. The molecule has 0 saturated carbocycles. The quantitative estimate of drug-likeness (QED) is 0.0961. The number of Topliss-reactive ketones (excluding diaryl/α,β-unsaturated/α-hetero) is 1. The van der Waals surface area contributed by atoms with Crippen LogP contribution in [0.1, 0.15) is 40.8 Å². The predicted octanol–water partition coefficient (Wildman–Crippen LogP) is 6.23. The van der Waals surface area contributed by atoms with Crippen LogP contribution in [0.5, 0.6) is 5.75 Å². The van der Waals surface area contributed by atoms with Crippen LogP contribution in [-0.2, 0) is 21.8 Å². The summed E-state index contributed by atoms with van der Waals surface area (Å²) in [5.41, 5.74) is 3.54. The number of anilines is 1. The molecule has 3 aromatic carbocycles. The highest BCUT2D eigenvalue weighted by atomic mass is 32.2. The third-order valence-electron chi connectivity index (χ3n) is 6.92. The molecule has 2 aliphatic heterocycles. The lowest BCUT2D eigenvalue weighted by atomic mass is 9.94. The second kappa shape index (κ2) is 10.5. The van der Waals surface area contributed by atoms with Crippen LogP contribution in [0.4, 0.5) is 9.52 Å². The van der Waals surface area contributed by atoms with E-state index in [4.69, 9.17) is 4.74 Å². The zero-order valence-electron chi connectivity index (χ0n) is 21.6. The van der Waals surface area contributed by atoms with Crippen LogP contribution < -0.4 is 9.64 Å². The molecule has 2 unspecified atom stereocenters. The third-order valence-corrected chi connectivity index (χ3v) is 9.02. The molecule has 10 heteroatoms. The number of hydrogen-bond donors (Lipinski definition) is 1. The fourth-order valence-electron chi connectivity index (χ4n) is 4.93. The average molecular weight is 574 g/mol. The number of carbonyl (C=O) groups excluding carboxylic acids is 2. The molecule has 40 heavy (non-hydrogen) atoms. The number of aryl methyl sites for hydroxylation is 1. The minimum Gasteiger partial charge on any atom is -0.507 e. The third kappa shape index (κ3) is 4.77. The summed E-state index contributed by atoms with van der Waals surface area (Å²) >= 11 is 2.43. The number of amides is 1. The van der Waals surface area contributed by atoms with Crippen molar-refractivity contribution in [1.29, 1.82) is 0 Å². The van der Waals surface area contributed by atoms with Gasteiger partial charge in [-0.25, -0.2) is 4.39 Å². The first-order valence-corrected chi connectivity index (χ1v) is 14.5. The van der Waals surface area contributed by atoms with Gasteiger partial charge in [0.25, 0.3) is 5.78 Å². The molecular weight excluding hydrogens is 549 g/mol. The Balaban J connectivity index is 1.39. The summed E-state index contributed by atoms with van der Waals surface area (Å²) in [6.07, 6.45) is 0.706. The van der Waals surface area contributed by atoms with Gasteiger partial charge in [0.15, 0.2) is 4.34 Å². The van der Waals surface area contributed by atoms with E-state index in [-0.39, 0.29) is 28.4 Å². The predicted molar refractivity (Wildman–Crippen MR) is 152 cm³/mol. The molecular formula is C30H24FN3O4S2. The first-order chi connectivity index (χ1) is 19.3. The van der Waals surface area contributed by atoms with E-state index in [1.165, 1.54) is 22.7 Å². The van der Waals surface area contributed by atoms with Gasteiger partial charge in [-0.3, -0.25) is 14.5 Å². The monoisotopic (exact) mass is 573 g/mol. The number of rotatable bonds is 6. The van der Waals surface area contributed by atoms with Crippen LogP contribution >= 0.6 is 23.1 Å². The summed E-state index contributed by atoms with van der Waals surface area (Å²) in [7, 11) is 0. The SMILES string of the molecule is Cc1ccc(C2/C(=C(\O)c3ccc4c(c3)CC(C)O4)C(=O)C(=O)N2c2nnc(SCc3ccccc3F)s2)cc1. The van der Waals surface area contributed by atoms with Gasteiger partial charge in [-0.1, -0.05) is 71.1 Å². The number of halogens is 1. The fourth-order valence-corrected chi connectivity index (χ4v) is 6.79. The van der Waals surface area contributed by atoms with Crippen molar-refractivity contribution >= 4 is 45.7 Å². The van der Waals surface area contributed by atoms with Gasteiger partial charge >= 0.3 is 5.91 Å². The molecule has 0 radical (unpaired) electrons. The number of thioether (sulfide) groups is 1. The van der Waals surface area contributed by atoms with Crippen molar-refractivity contribution in [1.82, 2.24) is 10.2 Å². The number of ketones is 1. The Labute approximate surface area is 238 Å². The molecule has 1 N–H and O–H groups in total. The first-order valence-electron chi connectivity index (χ1n) is 12.7. The number of ether oxygens (including phenoxy) is 1. The summed E-state index contributed by atoms with van der Waals surface area (Å²) in [5, 5.41) is 20.1. The van der Waals surface area contributed by atoms with Crippen molar-refractivity contribution in [2.75, 3.05) is 4.90 Å². The Kier molecular flexibility index (Phi) is 6.89. The topological polar surface area (TPSA) is 92.6 Å². The molecule has 6 rings (SSSR count). The van der Waals surface area contributed by atoms with Gasteiger partial charge in [0.05, 0.1) is 11.6 Å². The standard InChI is InChI=1S/C30H24FN3O4S2/c1-16-7-9-18(10-8-16)25-24(26(35)19-11-12-23-21(14-19)13-17(2)38-23)27(36)28(37)34(25)29-32-33-30(40-29)39-15-20-5-3-4-6-22(20)31/h3-12,14,17,25,35H,13,15H2,1-2H3/b26-24+. The molecule has 3 heterocycles. The van der Waals surface area contributed by atoms with E-state index in [2.05, 4.69) is 10.2 Å². The normalized spacial score (nSPS) is 19.6. The molecule has 2 atom stereocenters. The molecule has 1 amide bonds. The summed E-state index contributed by atoms with van der Waals surface area (Å²) in [6, 6.07) is 18.3. The van der Waals surface area contributed by atoms with Gasteiger partial charge in [-0.2, -0.15) is 0 Å². The van der Waals surface area contributed by atoms with E-state index >= 15 is 0 Å². The maximum Gasteiger partial charge on any atom is 0.301 e. The van der Waals surface area contributed by atoms with Crippen LogP contribution in [0, 0.1) is 12.7 Å². The molecule has 0 aliphatic carbocycles. The highest BCUT2D eigenvalue weighted by Gasteiger charge is 2.48. The van der Waals surface area contributed by atoms with Crippen molar-refractivity contribution in [3.05, 3.63) is 106 Å². The van der Waals surface area contributed by atoms with Crippen LogP contribution in [-0.4, -0.2) is 33.1 Å². The summed E-state index contributed by atoms with van der Waals surface area (Å²) in [5.74, 6) is -1.09. The van der Waals surface area contributed by atoms with Crippen molar-refractivity contribution in [3.8, 4) is 5.75 Å². The molecule has 0 spiro atoms. The number of aliphatic hydroxyl groups is 1. The Morgan fingerprint density at radius 3 is 2.67 bits per heavy atom. The zero-order valence-corrected chi connectivity index (χ0v) is 23.3. The Hall–Kier alpha value is -4.02. The number of nitrogens with zero attached hydrogens (tertiary/aromatic N) is 3. The van der Waals surface area contributed by atoms with E-state index in [1.807, 2.05) is 38.1 Å². The van der Waals surface area contributed by atoms with E-state index in [9.17, 15) is 19.1 Å². The van der Waals surface area contributed by atoms with E-state index < -0.39 is 17.7 Å². The maximum atomic E-state index is 14.1. The van der Waals surface area contributed by atoms with Crippen molar-refractivity contribution < 1.29 is 23.8 Å². The summed E-state index contributed by atoms with van der Waals surface area (Å²) in [6.45, 7) is 3.91. The largest absolute Gasteiger partial charge is 0.507 e. The maximum absolute atomic E-state index is 14.1. The molecule has 202 valence electrons. The van der Waals surface area contributed by atoms with Gasteiger partial charge in [-0.05, 0) is 54.8 Å². The molecule has 2 aliphatic rings. The number of fused-ring (bicyclic) bond motifs is 1. The number of carbonyl (C=O) groups is 2. The smallest absolute Gasteiger partial charge is 0.301 e. The molecule has 0 bridgehead atoms. The summed E-state index contributed by atoms with van der Waals surface area (Å²) < 4.78 is 20.4. The Morgan fingerprint density at radius 1 is 1.12 bits per heavy atom. The van der Waals surface area contributed by atoms with Crippen molar-refractivity contribution in [2.45, 2.75) is 42.5 Å². The van der Waals surface area contributed by atoms with E-state index in [1.54, 1.807) is 36.4 Å². The number of benzene rings is 3. The Morgan fingerprint density at radius 2 is 1.90 bits per heavy atom. The van der Waals surface area contributed by atoms with Gasteiger partial charge in [0, 0.05) is 17.7 Å². The van der Waals surface area contributed by atoms with Gasteiger partial charge in [0.1, 0.15) is 23.4 Å². The van der Waals surface area contributed by atoms with Gasteiger partial charge < -0.3 is 9.84 Å². The van der Waals surface area contributed by atoms with Gasteiger partial charge in [-0.15, -0.1) is 10.2 Å². The first kappa shape index (κ1) is 26.2. The lowest BCUT2D eigenvalue weighted by Gasteiger charge is -2.22. The van der Waals surface area contributed by atoms with Crippen LogP contribution in [0.25, 0.3) is 5.76 Å². The van der Waals surface area contributed by atoms with Crippen molar-refractivity contribution in [2.24, 2.45) is 0 Å². The average Bonchev–Trinajstić information content (AvgIpc) is 3.63. The molecule has 1 fully saturated rings. The lowest BCUT2D eigenvalue weighted by molar-refractivity contribution is -0.132. The number of hydrogen-bond acceptors (Lipinski definition) is 8. The minimum absolute atomic E-state index is 0.0171. The van der Waals surface area contributed by atoms with Crippen LogP contribution in [0.3, 0.4) is 0 Å². The molecule has 1 aromatic heterocycles. The highest BCUT2D eigenvalue weighted by Crippen LogP contribution is 2.44. The van der Waals surface area contributed by atoms with E-state index in [0.29, 0.717) is 33.2 Å². The minimum atomic E-state index is -0.901. The van der Waals surface area contributed by atoms with Crippen molar-refractivity contribution in [3.63, 3.8) is 0 Å². The second-order valence-electron chi connectivity index (χ2n) is 9.77. The fraction of sp³-hybridized carbons (Fsp3) is 0.200. The summed E-state index contributed by atoms with van der Waals surface area (Å²) in [4.78, 5) is 28.2. The van der Waals surface area contributed by atoms with Gasteiger partial charge in [0.2, 0.25) is 5.13 Å². The van der Waals surface area contributed by atoms with Crippen LogP contribution in [0.15, 0.2) is 76.6 Å². The number of aromatic nitrogens is 2. The van der Waals surface area contributed by atoms with Crippen LogP contribution in [0.2, 0.25) is 0 Å².